The molecule has 0 spiro atoms. The summed E-state index contributed by atoms with van der Waals surface area (Å²) in [6.45, 7) is 1.05. The standard InChI is InChI=1S/C30H31Cl4N3O4S/c1-2-28(30(39)35-22-9-6-7-10-22)36(18-25-26(33)13-8-14-27(25)34)29(38)19-37(23-16-20(31)15-21(32)17-23)42(40,41)24-11-4-3-5-12-24/h3-5,8,11-17,22,28H,2,6-7,9-10,18-19H2,1H3,(H,35,39)/t28-/m1/s1. The maximum Gasteiger partial charge on any atom is 0.264 e. The van der Waals surface area contributed by atoms with E-state index in [4.69, 9.17) is 46.4 Å². The normalized spacial score (nSPS) is 14.4. The molecular formula is C30H31Cl4N3O4S. The van der Waals surface area contributed by atoms with Crippen LogP contribution in [0.15, 0.2) is 71.6 Å². The van der Waals surface area contributed by atoms with Crippen molar-refractivity contribution in [3.05, 3.63) is 92.4 Å². The van der Waals surface area contributed by atoms with Crippen LogP contribution in [-0.2, 0) is 26.2 Å². The number of nitrogens with one attached hydrogen (secondary N) is 1. The average Bonchev–Trinajstić information content (AvgIpc) is 3.46. The smallest absolute Gasteiger partial charge is 0.264 e. The molecule has 1 atom stereocenters. The van der Waals surface area contributed by atoms with E-state index in [0.29, 0.717) is 15.6 Å². The van der Waals surface area contributed by atoms with Gasteiger partial charge in [0.1, 0.15) is 12.6 Å². The monoisotopic (exact) mass is 669 g/mol. The number of carbonyl (C=O) groups is 2. The van der Waals surface area contributed by atoms with Gasteiger partial charge in [0.25, 0.3) is 10.0 Å². The van der Waals surface area contributed by atoms with Crippen molar-refractivity contribution in [2.45, 2.75) is 62.6 Å². The van der Waals surface area contributed by atoms with Crippen molar-refractivity contribution in [2.75, 3.05) is 10.8 Å². The number of nitrogens with zero attached hydrogens (tertiary/aromatic N) is 2. The Bertz CT molecular complexity index is 1490. The summed E-state index contributed by atoms with van der Waals surface area (Å²) in [7, 11) is -4.26. The molecule has 1 aliphatic rings. The van der Waals surface area contributed by atoms with Crippen LogP contribution in [0.3, 0.4) is 0 Å². The van der Waals surface area contributed by atoms with E-state index in [1.165, 1.54) is 35.2 Å². The maximum atomic E-state index is 14.2. The summed E-state index contributed by atoms with van der Waals surface area (Å²) >= 11 is 25.4. The lowest BCUT2D eigenvalue weighted by Crippen LogP contribution is -2.53. The van der Waals surface area contributed by atoms with E-state index in [0.717, 1.165) is 30.0 Å². The zero-order chi connectivity index (χ0) is 30.4. The lowest BCUT2D eigenvalue weighted by atomic mass is 10.1. The highest BCUT2D eigenvalue weighted by atomic mass is 35.5. The zero-order valence-electron chi connectivity index (χ0n) is 22.9. The van der Waals surface area contributed by atoms with Gasteiger partial charge in [-0.1, -0.05) is 90.4 Å². The molecule has 1 fully saturated rings. The van der Waals surface area contributed by atoms with Gasteiger partial charge in [-0.2, -0.15) is 0 Å². The fraction of sp³-hybridized carbons (Fsp3) is 0.333. The molecule has 4 rings (SSSR count). The molecule has 0 aliphatic heterocycles. The van der Waals surface area contributed by atoms with E-state index in [-0.39, 0.29) is 45.5 Å². The molecule has 7 nitrogen and oxygen atoms in total. The van der Waals surface area contributed by atoms with Crippen LogP contribution in [0.25, 0.3) is 0 Å². The Labute approximate surface area is 266 Å². The van der Waals surface area contributed by atoms with Gasteiger partial charge in [-0.25, -0.2) is 8.42 Å². The van der Waals surface area contributed by atoms with Gasteiger partial charge >= 0.3 is 0 Å². The number of hydrogen-bond donors (Lipinski definition) is 1. The molecule has 1 N–H and O–H groups in total. The molecule has 224 valence electrons. The van der Waals surface area contributed by atoms with E-state index in [1.807, 2.05) is 0 Å². The van der Waals surface area contributed by atoms with Gasteiger partial charge < -0.3 is 10.2 Å². The number of sulfonamides is 1. The van der Waals surface area contributed by atoms with Gasteiger partial charge in [-0.3, -0.25) is 13.9 Å². The Morgan fingerprint density at radius 2 is 1.50 bits per heavy atom. The van der Waals surface area contributed by atoms with Crippen LogP contribution >= 0.6 is 46.4 Å². The summed E-state index contributed by atoms with van der Waals surface area (Å²) in [6, 6.07) is 16.1. The molecule has 0 heterocycles. The number of benzene rings is 3. The van der Waals surface area contributed by atoms with E-state index in [9.17, 15) is 18.0 Å². The highest BCUT2D eigenvalue weighted by Crippen LogP contribution is 2.31. The summed E-state index contributed by atoms with van der Waals surface area (Å²) in [5.74, 6) is -0.945. The minimum absolute atomic E-state index is 0.0240. The fourth-order valence-corrected chi connectivity index (χ4v) is 7.52. The minimum Gasteiger partial charge on any atom is -0.352 e. The highest BCUT2D eigenvalue weighted by Gasteiger charge is 2.35. The topological polar surface area (TPSA) is 86.8 Å². The van der Waals surface area contributed by atoms with E-state index in [1.54, 1.807) is 43.3 Å². The molecule has 42 heavy (non-hydrogen) atoms. The molecule has 0 radical (unpaired) electrons. The number of amides is 2. The van der Waals surface area contributed by atoms with Crippen molar-refractivity contribution in [3.63, 3.8) is 0 Å². The second kappa shape index (κ2) is 14.3. The van der Waals surface area contributed by atoms with Crippen LogP contribution in [0, 0.1) is 0 Å². The molecule has 2 amide bonds. The van der Waals surface area contributed by atoms with Crippen molar-refractivity contribution in [1.29, 1.82) is 0 Å². The van der Waals surface area contributed by atoms with Crippen molar-refractivity contribution in [2.24, 2.45) is 0 Å². The van der Waals surface area contributed by atoms with Crippen LogP contribution < -0.4 is 9.62 Å². The van der Waals surface area contributed by atoms with Crippen LogP contribution in [0.2, 0.25) is 20.1 Å². The van der Waals surface area contributed by atoms with Gasteiger partial charge in [0.15, 0.2) is 0 Å². The molecule has 12 heteroatoms. The summed E-state index contributed by atoms with van der Waals surface area (Å²) in [4.78, 5) is 29.1. The van der Waals surface area contributed by atoms with E-state index >= 15 is 0 Å². The third-order valence-electron chi connectivity index (χ3n) is 7.22. The third kappa shape index (κ3) is 7.71. The van der Waals surface area contributed by atoms with Crippen LogP contribution in [0.1, 0.15) is 44.6 Å². The van der Waals surface area contributed by atoms with Crippen molar-refractivity contribution in [1.82, 2.24) is 10.2 Å². The minimum atomic E-state index is -4.26. The number of rotatable bonds is 11. The Hall–Kier alpha value is -2.49. The Kier molecular flexibility index (Phi) is 11.1. The number of halogens is 4. The van der Waals surface area contributed by atoms with Crippen LogP contribution in [0.5, 0.6) is 0 Å². The lowest BCUT2D eigenvalue weighted by Gasteiger charge is -2.34. The maximum absolute atomic E-state index is 14.2. The highest BCUT2D eigenvalue weighted by molar-refractivity contribution is 7.92. The molecule has 0 unspecified atom stereocenters. The van der Waals surface area contributed by atoms with Crippen LogP contribution in [-0.4, -0.2) is 43.8 Å². The summed E-state index contributed by atoms with van der Waals surface area (Å²) in [5, 5.41) is 4.10. The van der Waals surface area contributed by atoms with Gasteiger partial charge in [-0.05, 0) is 61.7 Å². The van der Waals surface area contributed by atoms with Crippen LogP contribution in [0.4, 0.5) is 5.69 Å². The molecule has 0 bridgehead atoms. The number of carbonyl (C=O) groups excluding carboxylic acids is 2. The number of hydrogen-bond acceptors (Lipinski definition) is 4. The van der Waals surface area contributed by atoms with E-state index < -0.39 is 28.5 Å². The van der Waals surface area contributed by atoms with Crippen molar-refractivity contribution >= 4 is 73.9 Å². The van der Waals surface area contributed by atoms with Gasteiger partial charge in [0.2, 0.25) is 11.8 Å². The Balaban J connectivity index is 1.76. The molecule has 3 aromatic carbocycles. The molecule has 0 saturated heterocycles. The second-order valence-electron chi connectivity index (χ2n) is 10.1. The first-order valence-electron chi connectivity index (χ1n) is 13.6. The molecular weight excluding hydrogens is 640 g/mol. The molecule has 0 aromatic heterocycles. The summed E-state index contributed by atoms with van der Waals surface area (Å²) < 4.78 is 28.8. The predicted molar refractivity (Wildman–Crippen MR) is 169 cm³/mol. The quantitative estimate of drug-likeness (QED) is 0.231. The molecule has 1 aliphatic carbocycles. The van der Waals surface area contributed by atoms with Gasteiger partial charge in [-0.15, -0.1) is 0 Å². The number of anilines is 1. The Morgan fingerprint density at radius 3 is 2.07 bits per heavy atom. The first-order chi connectivity index (χ1) is 20.0. The SMILES string of the molecule is CC[C@H](C(=O)NC1CCCC1)N(Cc1c(Cl)cccc1Cl)C(=O)CN(c1cc(Cl)cc(Cl)c1)S(=O)(=O)c1ccccc1. The molecule has 3 aromatic rings. The summed E-state index contributed by atoms with van der Waals surface area (Å²) in [5.41, 5.74) is 0.549. The first-order valence-corrected chi connectivity index (χ1v) is 16.5. The van der Waals surface area contributed by atoms with E-state index in [2.05, 4.69) is 5.32 Å². The van der Waals surface area contributed by atoms with Gasteiger partial charge in [0, 0.05) is 38.2 Å². The zero-order valence-corrected chi connectivity index (χ0v) is 26.7. The van der Waals surface area contributed by atoms with Crippen molar-refractivity contribution < 1.29 is 18.0 Å². The lowest BCUT2D eigenvalue weighted by molar-refractivity contribution is -0.140. The Morgan fingerprint density at radius 1 is 0.905 bits per heavy atom. The predicted octanol–water partition coefficient (Wildman–Crippen LogP) is 7.36. The third-order valence-corrected chi connectivity index (χ3v) is 10.2. The largest absolute Gasteiger partial charge is 0.352 e. The second-order valence-corrected chi connectivity index (χ2v) is 13.6. The fourth-order valence-electron chi connectivity index (χ4n) is 5.07. The average molecular weight is 671 g/mol. The molecule has 1 saturated carbocycles. The van der Waals surface area contributed by atoms with Crippen molar-refractivity contribution in [3.8, 4) is 0 Å². The first kappa shape index (κ1) is 32.4. The van der Waals surface area contributed by atoms with Gasteiger partial charge in [0.05, 0.1) is 10.6 Å². The summed E-state index contributed by atoms with van der Waals surface area (Å²) in [6.07, 6.45) is 4.05.